The van der Waals surface area contributed by atoms with Crippen LogP contribution in [-0.2, 0) is 11.0 Å². The maximum atomic E-state index is 13.4. The lowest BCUT2D eigenvalue weighted by atomic mass is 9.78. The lowest BCUT2D eigenvalue weighted by Crippen LogP contribution is -2.50. The average Bonchev–Trinajstić information content (AvgIpc) is 2.98. The number of hydrogen-bond donors (Lipinski definition) is 1. The zero-order valence-electron chi connectivity index (χ0n) is 16.2. The van der Waals surface area contributed by atoms with E-state index < -0.39 is 17.2 Å². The highest BCUT2D eigenvalue weighted by atomic mass is 35.5. The first-order valence-corrected chi connectivity index (χ1v) is 10.7. The number of carbonyl (C=O) groups is 1. The van der Waals surface area contributed by atoms with Gasteiger partial charge in [0.05, 0.1) is 27.8 Å². The van der Waals surface area contributed by atoms with Crippen LogP contribution in [0.3, 0.4) is 0 Å². The predicted octanol–water partition coefficient (Wildman–Crippen LogP) is 4.48. The number of aliphatic hydroxyl groups excluding tert-OH is 1. The Labute approximate surface area is 173 Å². The lowest BCUT2D eigenvalue weighted by Gasteiger charge is -2.41. The largest absolute Gasteiger partial charge is 0.416 e. The molecule has 0 aromatic heterocycles. The van der Waals surface area contributed by atoms with Crippen LogP contribution in [0.1, 0.15) is 50.5 Å². The minimum atomic E-state index is -4.43. The number of anilines is 1. The Kier molecular flexibility index (Phi) is 5.49. The minimum Gasteiger partial charge on any atom is -0.393 e. The maximum absolute atomic E-state index is 13.4. The Bertz CT molecular complexity index is 780. The second-order valence-electron chi connectivity index (χ2n) is 8.68. The Morgan fingerprint density at radius 3 is 2.52 bits per heavy atom. The molecule has 3 fully saturated rings. The third-order valence-electron chi connectivity index (χ3n) is 6.84. The van der Waals surface area contributed by atoms with Gasteiger partial charge in [0, 0.05) is 25.7 Å². The standard InChI is InChI=1S/C21H26ClF3N2O2/c22-17-7-2-14(21(23,24)25)12-18(17)26-10-1-8-20(13-26)9-11-27(19(20)29)15-3-5-16(28)6-4-15/h2,7,12,15-16,28H,1,3-6,8-11,13H2/t15?,16?,20-/m1/s1. The van der Waals surface area contributed by atoms with Gasteiger partial charge in [0.15, 0.2) is 0 Å². The quantitative estimate of drug-likeness (QED) is 0.752. The smallest absolute Gasteiger partial charge is 0.393 e. The fourth-order valence-electron chi connectivity index (χ4n) is 5.21. The fraction of sp³-hybridized carbons (Fsp3) is 0.667. The number of benzene rings is 1. The van der Waals surface area contributed by atoms with Crippen LogP contribution in [0.2, 0.25) is 5.02 Å². The number of amides is 1. The lowest BCUT2D eigenvalue weighted by molar-refractivity contribution is -0.139. The Balaban J connectivity index is 1.54. The van der Waals surface area contributed by atoms with Crippen molar-refractivity contribution in [2.24, 2.45) is 5.41 Å². The summed E-state index contributed by atoms with van der Waals surface area (Å²) in [6.07, 6.45) is 0.571. The van der Waals surface area contributed by atoms with Crippen LogP contribution in [0.4, 0.5) is 18.9 Å². The van der Waals surface area contributed by atoms with Crippen molar-refractivity contribution in [2.45, 2.75) is 63.3 Å². The molecule has 1 aromatic carbocycles. The van der Waals surface area contributed by atoms with Crippen LogP contribution in [-0.4, -0.2) is 47.7 Å². The number of aliphatic hydroxyl groups is 1. The number of alkyl halides is 3. The summed E-state index contributed by atoms with van der Waals surface area (Å²) in [5.41, 5.74) is -0.921. The molecule has 2 heterocycles. The number of likely N-dealkylation sites (tertiary alicyclic amines) is 1. The van der Waals surface area contributed by atoms with Gasteiger partial charge in [0.2, 0.25) is 5.91 Å². The van der Waals surface area contributed by atoms with Gasteiger partial charge >= 0.3 is 6.18 Å². The first-order valence-electron chi connectivity index (χ1n) is 10.3. The number of carbonyl (C=O) groups excluding carboxylic acids is 1. The molecule has 29 heavy (non-hydrogen) atoms. The number of piperidine rings is 1. The van der Waals surface area contributed by atoms with Crippen molar-refractivity contribution in [3.63, 3.8) is 0 Å². The van der Waals surface area contributed by atoms with Crippen molar-refractivity contribution >= 4 is 23.2 Å². The molecule has 4 nitrogen and oxygen atoms in total. The molecule has 1 atom stereocenters. The summed E-state index contributed by atoms with van der Waals surface area (Å²) in [5, 5.41) is 10.0. The van der Waals surface area contributed by atoms with Gasteiger partial charge in [-0.05, 0) is 63.1 Å². The van der Waals surface area contributed by atoms with Crippen molar-refractivity contribution in [3.05, 3.63) is 28.8 Å². The summed E-state index contributed by atoms with van der Waals surface area (Å²) in [4.78, 5) is 17.2. The summed E-state index contributed by atoms with van der Waals surface area (Å²) in [6.45, 7) is 1.67. The molecular formula is C21H26ClF3N2O2. The third-order valence-corrected chi connectivity index (χ3v) is 7.16. The summed E-state index contributed by atoms with van der Waals surface area (Å²) >= 11 is 6.25. The molecule has 2 saturated heterocycles. The zero-order chi connectivity index (χ0) is 20.8. The van der Waals surface area contributed by atoms with Crippen LogP contribution < -0.4 is 4.90 Å². The normalized spacial score (nSPS) is 31.0. The molecule has 3 aliphatic rings. The predicted molar refractivity (Wildman–Crippen MR) is 105 cm³/mol. The van der Waals surface area contributed by atoms with E-state index >= 15 is 0 Å². The van der Waals surface area contributed by atoms with Gasteiger partial charge in [-0.15, -0.1) is 0 Å². The Morgan fingerprint density at radius 1 is 1.10 bits per heavy atom. The summed E-state index contributed by atoms with van der Waals surface area (Å²) in [5.74, 6) is 0.117. The molecule has 1 aromatic rings. The highest BCUT2D eigenvalue weighted by Gasteiger charge is 2.51. The van der Waals surface area contributed by atoms with E-state index in [1.807, 2.05) is 9.80 Å². The molecule has 1 saturated carbocycles. The first-order chi connectivity index (χ1) is 13.7. The van der Waals surface area contributed by atoms with Gasteiger partial charge in [-0.3, -0.25) is 4.79 Å². The van der Waals surface area contributed by atoms with Crippen molar-refractivity contribution in [3.8, 4) is 0 Å². The zero-order valence-corrected chi connectivity index (χ0v) is 17.0. The Morgan fingerprint density at radius 2 is 1.83 bits per heavy atom. The average molecular weight is 431 g/mol. The molecule has 1 aliphatic carbocycles. The van der Waals surface area contributed by atoms with E-state index in [0.29, 0.717) is 38.2 Å². The number of hydrogen-bond acceptors (Lipinski definition) is 3. The van der Waals surface area contributed by atoms with Gasteiger partial charge in [0.25, 0.3) is 0 Å². The van der Waals surface area contributed by atoms with E-state index in [4.69, 9.17) is 11.6 Å². The van der Waals surface area contributed by atoms with E-state index in [2.05, 4.69) is 0 Å². The molecule has 1 N–H and O–H groups in total. The van der Waals surface area contributed by atoms with Gasteiger partial charge in [0.1, 0.15) is 0 Å². The van der Waals surface area contributed by atoms with Crippen LogP contribution in [0.15, 0.2) is 18.2 Å². The molecule has 4 rings (SSSR count). The highest BCUT2D eigenvalue weighted by molar-refractivity contribution is 6.33. The highest BCUT2D eigenvalue weighted by Crippen LogP contribution is 2.45. The third kappa shape index (κ3) is 3.96. The molecule has 2 aliphatic heterocycles. The number of nitrogens with zero attached hydrogens (tertiary/aromatic N) is 2. The SMILES string of the molecule is O=C1N(C2CCC(O)CC2)CC[C@@]12CCCN(c1cc(C(F)(F)F)ccc1Cl)C2. The Hall–Kier alpha value is -1.47. The number of halogens is 4. The molecule has 1 amide bonds. The molecular weight excluding hydrogens is 405 g/mol. The topological polar surface area (TPSA) is 43.8 Å². The first kappa shape index (κ1) is 20.8. The maximum Gasteiger partial charge on any atom is 0.416 e. The second kappa shape index (κ2) is 7.65. The minimum absolute atomic E-state index is 0.117. The second-order valence-corrected chi connectivity index (χ2v) is 9.09. The van der Waals surface area contributed by atoms with Gasteiger partial charge in [-0.1, -0.05) is 11.6 Å². The number of rotatable bonds is 2. The van der Waals surface area contributed by atoms with Crippen LogP contribution in [0.5, 0.6) is 0 Å². The fourth-order valence-corrected chi connectivity index (χ4v) is 5.45. The van der Waals surface area contributed by atoms with Crippen molar-refractivity contribution < 1.29 is 23.1 Å². The van der Waals surface area contributed by atoms with Crippen LogP contribution >= 0.6 is 11.6 Å². The van der Waals surface area contributed by atoms with E-state index in [0.717, 1.165) is 44.2 Å². The van der Waals surface area contributed by atoms with Crippen molar-refractivity contribution in [2.75, 3.05) is 24.5 Å². The van der Waals surface area contributed by atoms with Crippen molar-refractivity contribution in [1.82, 2.24) is 4.90 Å². The summed E-state index contributed by atoms with van der Waals surface area (Å²) in [6, 6.07) is 3.54. The van der Waals surface area contributed by atoms with Gasteiger partial charge < -0.3 is 14.9 Å². The van der Waals surface area contributed by atoms with Gasteiger partial charge in [-0.2, -0.15) is 13.2 Å². The molecule has 8 heteroatoms. The van der Waals surface area contributed by atoms with Crippen molar-refractivity contribution in [1.29, 1.82) is 0 Å². The van der Waals surface area contributed by atoms with E-state index in [-0.39, 0.29) is 23.1 Å². The summed E-state index contributed by atoms with van der Waals surface area (Å²) in [7, 11) is 0. The van der Waals surface area contributed by atoms with E-state index in [9.17, 15) is 23.1 Å². The van der Waals surface area contributed by atoms with E-state index in [1.54, 1.807) is 0 Å². The summed E-state index contributed by atoms with van der Waals surface area (Å²) < 4.78 is 39.5. The van der Waals surface area contributed by atoms with Crippen LogP contribution in [0, 0.1) is 5.41 Å². The monoisotopic (exact) mass is 430 g/mol. The molecule has 0 radical (unpaired) electrons. The van der Waals surface area contributed by atoms with Gasteiger partial charge in [-0.25, -0.2) is 0 Å². The molecule has 1 spiro atoms. The van der Waals surface area contributed by atoms with Crippen LogP contribution in [0.25, 0.3) is 0 Å². The molecule has 0 unspecified atom stereocenters. The molecule has 160 valence electrons. The molecule has 0 bridgehead atoms. The van der Waals surface area contributed by atoms with E-state index in [1.165, 1.54) is 6.07 Å².